The summed E-state index contributed by atoms with van der Waals surface area (Å²) in [6.45, 7) is 4.39. The van der Waals surface area contributed by atoms with Gasteiger partial charge in [0.05, 0.1) is 18.8 Å². The van der Waals surface area contributed by atoms with Gasteiger partial charge < -0.3 is 14.8 Å². The average molecular weight is 268 g/mol. The second-order valence-corrected chi connectivity index (χ2v) is 3.88. The predicted octanol–water partition coefficient (Wildman–Crippen LogP) is 0.937. The first-order chi connectivity index (χ1) is 6.60. The molecule has 0 saturated heterocycles. The van der Waals surface area contributed by atoms with Crippen LogP contribution in [0.4, 0.5) is 0 Å². The van der Waals surface area contributed by atoms with E-state index in [1.807, 2.05) is 13.8 Å². The molecule has 0 aromatic rings. The topological polar surface area (TPSA) is 47.6 Å². The van der Waals surface area contributed by atoms with Crippen LogP contribution in [-0.4, -0.2) is 43.7 Å². The van der Waals surface area contributed by atoms with Crippen LogP contribution < -0.4 is 5.32 Å². The Morgan fingerprint density at radius 3 is 2.57 bits per heavy atom. The van der Waals surface area contributed by atoms with Crippen LogP contribution in [0.1, 0.15) is 13.8 Å². The van der Waals surface area contributed by atoms with Gasteiger partial charge in [-0.25, -0.2) is 0 Å². The molecule has 0 aliphatic heterocycles. The minimum atomic E-state index is -0.111. The van der Waals surface area contributed by atoms with Gasteiger partial charge in [-0.3, -0.25) is 4.79 Å². The summed E-state index contributed by atoms with van der Waals surface area (Å²) in [6.07, 6.45) is 0.0746. The lowest BCUT2D eigenvalue weighted by molar-refractivity contribution is -0.128. The Kier molecular flexibility index (Phi) is 8.12. The summed E-state index contributed by atoms with van der Waals surface area (Å²) in [6, 6.07) is 0.00302. The van der Waals surface area contributed by atoms with Crippen molar-refractivity contribution in [3.05, 3.63) is 0 Å². The summed E-state index contributed by atoms with van der Waals surface area (Å²) in [4.78, 5) is 11.3. The summed E-state index contributed by atoms with van der Waals surface area (Å²) in [7, 11) is 1.60. The molecule has 0 bridgehead atoms. The first kappa shape index (κ1) is 13.9. The monoisotopic (exact) mass is 267 g/mol. The number of nitrogens with one attached hydrogen (secondary N) is 1. The summed E-state index contributed by atoms with van der Waals surface area (Å²) < 4.78 is 10.1. The largest absolute Gasteiger partial charge is 0.383 e. The van der Waals surface area contributed by atoms with Gasteiger partial charge in [-0.2, -0.15) is 0 Å². The van der Waals surface area contributed by atoms with Gasteiger partial charge >= 0.3 is 0 Å². The number of hydrogen-bond acceptors (Lipinski definition) is 3. The molecule has 1 atom stereocenters. The van der Waals surface area contributed by atoms with E-state index in [2.05, 4.69) is 21.2 Å². The van der Waals surface area contributed by atoms with Crippen molar-refractivity contribution in [1.29, 1.82) is 0 Å². The summed E-state index contributed by atoms with van der Waals surface area (Å²) >= 11 is 3.29. The van der Waals surface area contributed by atoms with Crippen LogP contribution in [0.2, 0.25) is 0 Å². The Morgan fingerprint density at radius 1 is 1.50 bits per heavy atom. The standard InChI is InChI=1S/C9H18BrNO3/c1-7(2)14-6-9(12)11-8(4-10)5-13-3/h7-8H,4-6H2,1-3H3,(H,11,12). The van der Waals surface area contributed by atoms with Gasteiger partial charge in [0.25, 0.3) is 0 Å². The highest BCUT2D eigenvalue weighted by atomic mass is 79.9. The number of halogens is 1. The second kappa shape index (κ2) is 8.20. The third-order valence-electron chi connectivity index (χ3n) is 1.47. The van der Waals surface area contributed by atoms with Gasteiger partial charge in [-0.15, -0.1) is 0 Å². The minimum Gasteiger partial charge on any atom is -0.383 e. The van der Waals surface area contributed by atoms with Crippen molar-refractivity contribution in [2.45, 2.75) is 26.0 Å². The van der Waals surface area contributed by atoms with Crippen molar-refractivity contribution in [3.8, 4) is 0 Å². The first-order valence-electron chi connectivity index (χ1n) is 4.56. The summed E-state index contributed by atoms with van der Waals surface area (Å²) in [5.74, 6) is -0.111. The molecule has 0 spiro atoms. The van der Waals surface area contributed by atoms with Crippen LogP contribution in [0.15, 0.2) is 0 Å². The smallest absolute Gasteiger partial charge is 0.246 e. The number of rotatable bonds is 7. The van der Waals surface area contributed by atoms with E-state index in [0.717, 1.165) is 0 Å². The van der Waals surface area contributed by atoms with Crippen molar-refractivity contribution >= 4 is 21.8 Å². The first-order valence-corrected chi connectivity index (χ1v) is 5.68. The summed E-state index contributed by atoms with van der Waals surface area (Å²) in [5.41, 5.74) is 0. The highest BCUT2D eigenvalue weighted by Crippen LogP contribution is 1.93. The fraction of sp³-hybridized carbons (Fsp3) is 0.889. The molecule has 1 N–H and O–H groups in total. The van der Waals surface area contributed by atoms with Crippen molar-refractivity contribution < 1.29 is 14.3 Å². The van der Waals surface area contributed by atoms with Crippen molar-refractivity contribution in [3.63, 3.8) is 0 Å². The maximum Gasteiger partial charge on any atom is 0.246 e. The summed E-state index contributed by atoms with van der Waals surface area (Å²) in [5, 5.41) is 3.46. The van der Waals surface area contributed by atoms with Crippen molar-refractivity contribution in [2.24, 2.45) is 0 Å². The lowest BCUT2D eigenvalue weighted by Crippen LogP contribution is -2.41. The van der Waals surface area contributed by atoms with Crippen molar-refractivity contribution in [2.75, 3.05) is 25.7 Å². The van der Waals surface area contributed by atoms with Gasteiger partial charge in [0.2, 0.25) is 5.91 Å². The van der Waals surface area contributed by atoms with Gasteiger partial charge in [-0.05, 0) is 13.8 Å². The third kappa shape index (κ3) is 7.29. The lowest BCUT2D eigenvalue weighted by atomic mass is 10.3. The van der Waals surface area contributed by atoms with E-state index in [0.29, 0.717) is 11.9 Å². The molecule has 1 amide bonds. The molecular weight excluding hydrogens is 250 g/mol. The average Bonchev–Trinajstić information content (AvgIpc) is 2.14. The number of amides is 1. The Morgan fingerprint density at radius 2 is 2.14 bits per heavy atom. The normalized spacial score (nSPS) is 12.9. The third-order valence-corrected chi connectivity index (χ3v) is 2.25. The SMILES string of the molecule is COCC(CBr)NC(=O)COC(C)C. The Balaban J connectivity index is 3.67. The van der Waals surface area contributed by atoms with E-state index < -0.39 is 0 Å². The van der Waals surface area contributed by atoms with E-state index in [1.165, 1.54) is 0 Å². The Labute approximate surface area is 93.5 Å². The molecule has 0 aliphatic rings. The maximum absolute atomic E-state index is 11.3. The van der Waals surface area contributed by atoms with E-state index in [4.69, 9.17) is 9.47 Å². The van der Waals surface area contributed by atoms with Gasteiger partial charge in [0.15, 0.2) is 0 Å². The zero-order chi connectivity index (χ0) is 11.0. The zero-order valence-electron chi connectivity index (χ0n) is 8.88. The van der Waals surface area contributed by atoms with E-state index in [1.54, 1.807) is 7.11 Å². The van der Waals surface area contributed by atoms with Crippen LogP contribution in [0, 0.1) is 0 Å². The molecule has 0 aromatic heterocycles. The Hall–Kier alpha value is -0.130. The fourth-order valence-corrected chi connectivity index (χ4v) is 1.19. The van der Waals surface area contributed by atoms with Crippen LogP contribution in [0.3, 0.4) is 0 Å². The molecule has 0 aromatic carbocycles. The highest BCUT2D eigenvalue weighted by molar-refractivity contribution is 9.09. The molecule has 0 rings (SSSR count). The van der Waals surface area contributed by atoms with Crippen molar-refractivity contribution in [1.82, 2.24) is 5.32 Å². The number of carbonyl (C=O) groups is 1. The van der Waals surface area contributed by atoms with Crippen LogP contribution in [0.25, 0.3) is 0 Å². The molecule has 14 heavy (non-hydrogen) atoms. The molecule has 4 nitrogen and oxygen atoms in total. The minimum absolute atomic E-state index is 0.00302. The van der Waals surface area contributed by atoms with Crippen LogP contribution in [0.5, 0.6) is 0 Å². The van der Waals surface area contributed by atoms with E-state index >= 15 is 0 Å². The molecular formula is C9H18BrNO3. The van der Waals surface area contributed by atoms with Crippen LogP contribution in [-0.2, 0) is 14.3 Å². The van der Waals surface area contributed by atoms with E-state index in [-0.39, 0.29) is 24.7 Å². The number of carbonyl (C=O) groups excluding carboxylic acids is 1. The van der Waals surface area contributed by atoms with Gasteiger partial charge in [0.1, 0.15) is 6.61 Å². The lowest BCUT2D eigenvalue weighted by Gasteiger charge is -2.15. The quantitative estimate of drug-likeness (QED) is 0.699. The predicted molar refractivity (Wildman–Crippen MR) is 58.7 cm³/mol. The van der Waals surface area contributed by atoms with Gasteiger partial charge in [0, 0.05) is 12.4 Å². The molecule has 0 heterocycles. The number of ether oxygens (including phenoxy) is 2. The zero-order valence-corrected chi connectivity index (χ0v) is 10.5. The number of hydrogen-bond donors (Lipinski definition) is 1. The highest BCUT2D eigenvalue weighted by Gasteiger charge is 2.10. The second-order valence-electron chi connectivity index (χ2n) is 3.23. The maximum atomic E-state index is 11.3. The van der Waals surface area contributed by atoms with Crippen LogP contribution >= 0.6 is 15.9 Å². The molecule has 1 unspecified atom stereocenters. The Bertz CT molecular complexity index is 164. The molecule has 0 fully saturated rings. The number of methoxy groups -OCH3 is 1. The van der Waals surface area contributed by atoms with Gasteiger partial charge in [-0.1, -0.05) is 15.9 Å². The molecule has 0 radical (unpaired) electrons. The molecule has 0 aliphatic carbocycles. The molecule has 0 saturated carbocycles. The molecule has 5 heteroatoms. The number of alkyl halides is 1. The fourth-order valence-electron chi connectivity index (χ4n) is 0.838. The molecule has 84 valence electrons. The van der Waals surface area contributed by atoms with E-state index in [9.17, 15) is 4.79 Å².